The Balaban J connectivity index is 2.38. The molecule has 18 heavy (non-hydrogen) atoms. The standard InChI is InChI=1S/C15H24O3/c1-10(6-11(2)9-15(3,4)5)7-12-8-13(16)18-14(12)17/h11-12H,1,6-9H2,2-5H3. The molecule has 102 valence electrons. The maximum atomic E-state index is 11.4. The molecule has 1 aliphatic rings. The molecule has 0 bridgehead atoms. The average molecular weight is 252 g/mol. The van der Waals surface area contributed by atoms with Crippen molar-refractivity contribution in [1.29, 1.82) is 0 Å². The van der Waals surface area contributed by atoms with Gasteiger partial charge in [-0.05, 0) is 30.6 Å². The average Bonchev–Trinajstić information content (AvgIpc) is 2.40. The van der Waals surface area contributed by atoms with Crippen molar-refractivity contribution in [3.05, 3.63) is 12.2 Å². The molecule has 0 aromatic rings. The van der Waals surface area contributed by atoms with Crippen molar-refractivity contribution >= 4 is 11.9 Å². The summed E-state index contributed by atoms with van der Waals surface area (Å²) in [5.74, 6) is -0.539. The number of cyclic esters (lactones) is 2. The molecular formula is C15H24O3. The molecular weight excluding hydrogens is 228 g/mol. The van der Waals surface area contributed by atoms with Crippen LogP contribution >= 0.6 is 0 Å². The highest BCUT2D eigenvalue weighted by molar-refractivity contribution is 5.94. The third kappa shape index (κ3) is 5.03. The number of rotatable bonds is 5. The quantitative estimate of drug-likeness (QED) is 0.427. The molecule has 0 aliphatic carbocycles. The molecule has 0 radical (unpaired) electrons. The highest BCUT2D eigenvalue weighted by Gasteiger charge is 2.33. The molecule has 0 amide bonds. The second-order valence-electron chi connectivity index (χ2n) is 6.72. The smallest absolute Gasteiger partial charge is 0.317 e. The van der Waals surface area contributed by atoms with E-state index in [0.29, 0.717) is 17.8 Å². The van der Waals surface area contributed by atoms with Crippen LogP contribution < -0.4 is 0 Å². The third-order valence-electron chi connectivity index (χ3n) is 3.09. The van der Waals surface area contributed by atoms with Gasteiger partial charge in [0.25, 0.3) is 0 Å². The summed E-state index contributed by atoms with van der Waals surface area (Å²) in [5, 5.41) is 0. The summed E-state index contributed by atoms with van der Waals surface area (Å²) in [4.78, 5) is 22.3. The molecule has 1 heterocycles. The van der Waals surface area contributed by atoms with Gasteiger partial charge in [-0.1, -0.05) is 39.8 Å². The maximum absolute atomic E-state index is 11.4. The highest BCUT2D eigenvalue weighted by atomic mass is 16.6. The lowest BCUT2D eigenvalue weighted by Gasteiger charge is -2.24. The molecule has 1 fully saturated rings. The largest absolute Gasteiger partial charge is 0.393 e. The molecule has 2 atom stereocenters. The van der Waals surface area contributed by atoms with Gasteiger partial charge < -0.3 is 4.74 Å². The highest BCUT2D eigenvalue weighted by Crippen LogP contribution is 2.30. The van der Waals surface area contributed by atoms with E-state index in [9.17, 15) is 9.59 Å². The molecule has 1 saturated heterocycles. The van der Waals surface area contributed by atoms with Crippen LogP contribution in [0, 0.1) is 17.3 Å². The van der Waals surface area contributed by atoms with Gasteiger partial charge in [-0.15, -0.1) is 0 Å². The van der Waals surface area contributed by atoms with Gasteiger partial charge in [-0.25, -0.2) is 0 Å². The van der Waals surface area contributed by atoms with Gasteiger partial charge in [0.15, 0.2) is 0 Å². The Morgan fingerprint density at radius 3 is 2.50 bits per heavy atom. The van der Waals surface area contributed by atoms with Crippen LogP contribution in [0.25, 0.3) is 0 Å². The van der Waals surface area contributed by atoms with Crippen molar-refractivity contribution in [3.8, 4) is 0 Å². The Morgan fingerprint density at radius 2 is 2.06 bits per heavy atom. The first-order valence-electron chi connectivity index (χ1n) is 6.58. The van der Waals surface area contributed by atoms with Crippen molar-refractivity contribution in [3.63, 3.8) is 0 Å². The van der Waals surface area contributed by atoms with Gasteiger partial charge in [0, 0.05) is 0 Å². The van der Waals surface area contributed by atoms with Crippen LogP contribution in [-0.4, -0.2) is 11.9 Å². The Bertz CT molecular complexity index is 349. The number of carbonyl (C=O) groups is 2. The lowest BCUT2D eigenvalue weighted by atomic mass is 9.82. The zero-order valence-corrected chi connectivity index (χ0v) is 11.9. The van der Waals surface area contributed by atoms with Crippen LogP contribution in [0.4, 0.5) is 0 Å². The number of ether oxygens (including phenoxy) is 1. The molecule has 0 aromatic heterocycles. The molecule has 1 aliphatic heterocycles. The van der Waals surface area contributed by atoms with E-state index in [1.807, 2.05) is 0 Å². The zero-order chi connectivity index (χ0) is 13.9. The Labute approximate surface area is 110 Å². The summed E-state index contributed by atoms with van der Waals surface area (Å²) in [7, 11) is 0. The first-order chi connectivity index (χ1) is 8.17. The lowest BCUT2D eigenvalue weighted by Crippen LogP contribution is -2.13. The van der Waals surface area contributed by atoms with Crippen LogP contribution in [0.15, 0.2) is 12.2 Å². The summed E-state index contributed by atoms with van der Waals surface area (Å²) >= 11 is 0. The molecule has 3 heteroatoms. The number of esters is 2. The van der Waals surface area contributed by atoms with E-state index < -0.39 is 5.97 Å². The van der Waals surface area contributed by atoms with E-state index in [1.54, 1.807) is 0 Å². The first kappa shape index (κ1) is 14.9. The van der Waals surface area contributed by atoms with Crippen LogP contribution in [0.3, 0.4) is 0 Å². The molecule has 3 nitrogen and oxygen atoms in total. The van der Waals surface area contributed by atoms with Crippen molar-refractivity contribution in [2.45, 2.75) is 53.4 Å². The minimum atomic E-state index is -0.402. The fraction of sp³-hybridized carbons (Fsp3) is 0.733. The second-order valence-corrected chi connectivity index (χ2v) is 6.72. The molecule has 0 saturated carbocycles. The van der Waals surface area contributed by atoms with Crippen molar-refractivity contribution < 1.29 is 14.3 Å². The van der Waals surface area contributed by atoms with Crippen LogP contribution in [0.1, 0.15) is 53.4 Å². The van der Waals surface area contributed by atoms with E-state index in [-0.39, 0.29) is 18.3 Å². The molecule has 0 spiro atoms. The van der Waals surface area contributed by atoms with Crippen molar-refractivity contribution in [1.82, 2.24) is 0 Å². The van der Waals surface area contributed by atoms with Gasteiger partial charge in [0.2, 0.25) is 0 Å². The van der Waals surface area contributed by atoms with Crippen molar-refractivity contribution in [2.75, 3.05) is 0 Å². The van der Waals surface area contributed by atoms with Crippen LogP contribution in [0.5, 0.6) is 0 Å². The van der Waals surface area contributed by atoms with E-state index in [1.165, 1.54) is 0 Å². The zero-order valence-electron chi connectivity index (χ0n) is 11.9. The monoisotopic (exact) mass is 252 g/mol. The van der Waals surface area contributed by atoms with E-state index in [0.717, 1.165) is 18.4 Å². The van der Waals surface area contributed by atoms with E-state index >= 15 is 0 Å². The Kier molecular flexibility index (Phi) is 4.71. The first-order valence-corrected chi connectivity index (χ1v) is 6.58. The summed E-state index contributed by atoms with van der Waals surface area (Å²) in [6, 6.07) is 0. The molecule has 1 rings (SSSR count). The molecule has 0 N–H and O–H groups in total. The third-order valence-corrected chi connectivity index (χ3v) is 3.09. The minimum absolute atomic E-state index is 0.214. The second kappa shape index (κ2) is 5.68. The summed E-state index contributed by atoms with van der Waals surface area (Å²) in [6.45, 7) is 12.9. The Morgan fingerprint density at radius 1 is 1.44 bits per heavy atom. The SMILES string of the molecule is C=C(CC(C)CC(C)(C)C)CC1CC(=O)OC1=O. The predicted octanol–water partition coefficient (Wildman–Crippen LogP) is 3.48. The van der Waals surface area contributed by atoms with Gasteiger partial charge in [0.1, 0.15) is 0 Å². The van der Waals surface area contributed by atoms with Gasteiger partial charge in [-0.2, -0.15) is 0 Å². The Hall–Kier alpha value is -1.12. The molecule has 0 aromatic carbocycles. The van der Waals surface area contributed by atoms with Gasteiger partial charge in [-0.3, -0.25) is 9.59 Å². The van der Waals surface area contributed by atoms with E-state index in [2.05, 4.69) is 39.0 Å². The topological polar surface area (TPSA) is 43.4 Å². The van der Waals surface area contributed by atoms with Crippen LogP contribution in [0.2, 0.25) is 0 Å². The summed E-state index contributed by atoms with van der Waals surface area (Å²) in [5.41, 5.74) is 1.35. The fourth-order valence-electron chi connectivity index (χ4n) is 2.72. The fourth-order valence-corrected chi connectivity index (χ4v) is 2.72. The van der Waals surface area contributed by atoms with Gasteiger partial charge >= 0.3 is 11.9 Å². The lowest BCUT2D eigenvalue weighted by molar-refractivity contribution is -0.153. The molecule has 2 unspecified atom stereocenters. The van der Waals surface area contributed by atoms with Gasteiger partial charge in [0.05, 0.1) is 12.3 Å². The maximum Gasteiger partial charge on any atom is 0.317 e. The number of hydrogen-bond acceptors (Lipinski definition) is 3. The van der Waals surface area contributed by atoms with E-state index in [4.69, 9.17) is 0 Å². The predicted molar refractivity (Wildman–Crippen MR) is 70.8 cm³/mol. The number of carbonyl (C=O) groups excluding carboxylic acids is 2. The number of allylic oxidation sites excluding steroid dienone is 1. The van der Waals surface area contributed by atoms with Crippen molar-refractivity contribution in [2.24, 2.45) is 17.3 Å². The summed E-state index contributed by atoms with van der Waals surface area (Å²) in [6.07, 6.45) is 2.83. The number of hydrogen-bond donors (Lipinski definition) is 0. The summed E-state index contributed by atoms with van der Waals surface area (Å²) < 4.78 is 4.54. The normalized spacial score (nSPS) is 21.9. The van der Waals surface area contributed by atoms with Crippen LogP contribution in [-0.2, 0) is 14.3 Å². The minimum Gasteiger partial charge on any atom is -0.393 e.